The summed E-state index contributed by atoms with van der Waals surface area (Å²) in [5.41, 5.74) is -0.175. The van der Waals surface area contributed by atoms with Gasteiger partial charge in [0, 0.05) is 19.7 Å². The molecule has 0 fully saturated rings. The molecule has 10 heteroatoms. The second kappa shape index (κ2) is 9.54. The van der Waals surface area contributed by atoms with Crippen molar-refractivity contribution < 1.29 is 32.2 Å². The minimum atomic E-state index is -4.41. The highest BCUT2D eigenvalue weighted by molar-refractivity contribution is 5.83. The van der Waals surface area contributed by atoms with Gasteiger partial charge in [0.05, 0.1) is 19.1 Å². The molecule has 0 aliphatic heterocycles. The Morgan fingerprint density at radius 1 is 1.26 bits per heavy atom. The molecule has 0 aliphatic rings. The zero-order chi connectivity index (χ0) is 20.7. The molecule has 0 radical (unpaired) electrons. The number of nitrogens with one attached hydrogen (secondary N) is 2. The molecule has 0 bridgehead atoms. The first-order valence-electron chi connectivity index (χ1n) is 8.20. The third kappa shape index (κ3) is 9.78. The Bertz CT molecular complexity index is 645. The number of carbonyl (C=O) groups excluding carboxylic acids is 2. The Morgan fingerprint density at radius 3 is 2.48 bits per heavy atom. The molecule has 1 aromatic heterocycles. The van der Waals surface area contributed by atoms with Crippen LogP contribution >= 0.6 is 0 Å². The molecule has 1 atom stereocenters. The average molecular weight is 391 g/mol. The van der Waals surface area contributed by atoms with Gasteiger partial charge in [0.15, 0.2) is 0 Å². The second-order valence-corrected chi connectivity index (χ2v) is 6.79. The number of aromatic nitrogens is 1. The first-order valence-corrected chi connectivity index (χ1v) is 8.20. The number of alkyl halides is 3. The van der Waals surface area contributed by atoms with E-state index in [0.717, 1.165) is 0 Å². The summed E-state index contributed by atoms with van der Waals surface area (Å²) in [6.45, 7) is 5.16. The molecule has 27 heavy (non-hydrogen) atoms. The number of methoxy groups -OCH3 is 1. The molecule has 1 aromatic rings. The summed E-state index contributed by atoms with van der Waals surface area (Å²) in [5.74, 6) is -0.583. The number of carbonyl (C=O) groups is 2. The molecule has 2 amide bonds. The van der Waals surface area contributed by atoms with Gasteiger partial charge < -0.3 is 14.8 Å². The van der Waals surface area contributed by atoms with E-state index in [0.29, 0.717) is 5.56 Å². The first kappa shape index (κ1) is 22.7. The van der Waals surface area contributed by atoms with Gasteiger partial charge in [-0.3, -0.25) is 10.1 Å². The SMILES string of the molecule is COC[C@@H](NC(=O)CCC(F)(F)F)c1ccnc(NC(=O)OC(C)(C)C)c1. The Labute approximate surface area is 155 Å². The van der Waals surface area contributed by atoms with Crippen LogP contribution in [-0.2, 0) is 14.3 Å². The number of halogens is 3. The number of pyridine rings is 1. The van der Waals surface area contributed by atoms with Crippen molar-refractivity contribution >= 4 is 17.8 Å². The van der Waals surface area contributed by atoms with Crippen molar-refractivity contribution in [2.45, 2.75) is 51.4 Å². The zero-order valence-corrected chi connectivity index (χ0v) is 15.6. The Balaban J connectivity index is 2.80. The van der Waals surface area contributed by atoms with Crippen LogP contribution in [0.5, 0.6) is 0 Å². The molecular weight excluding hydrogens is 367 g/mol. The van der Waals surface area contributed by atoms with Gasteiger partial charge in [-0.2, -0.15) is 13.2 Å². The number of ether oxygens (including phenoxy) is 2. The van der Waals surface area contributed by atoms with Crippen LogP contribution in [0.15, 0.2) is 18.3 Å². The van der Waals surface area contributed by atoms with E-state index in [4.69, 9.17) is 9.47 Å². The molecule has 1 heterocycles. The molecule has 2 N–H and O–H groups in total. The number of hydrogen-bond acceptors (Lipinski definition) is 5. The summed E-state index contributed by atoms with van der Waals surface area (Å²) >= 11 is 0. The van der Waals surface area contributed by atoms with Crippen molar-refractivity contribution in [3.8, 4) is 0 Å². The fourth-order valence-corrected chi connectivity index (χ4v) is 2.05. The van der Waals surface area contributed by atoms with E-state index < -0.39 is 42.7 Å². The van der Waals surface area contributed by atoms with Gasteiger partial charge >= 0.3 is 12.3 Å². The zero-order valence-electron chi connectivity index (χ0n) is 15.6. The summed E-state index contributed by atoms with van der Waals surface area (Å²) in [4.78, 5) is 27.6. The normalized spacial score (nSPS) is 13.0. The second-order valence-electron chi connectivity index (χ2n) is 6.79. The molecule has 0 saturated carbocycles. The fourth-order valence-electron chi connectivity index (χ4n) is 2.05. The van der Waals surface area contributed by atoms with E-state index in [-0.39, 0.29) is 12.4 Å². The van der Waals surface area contributed by atoms with E-state index in [1.807, 2.05) is 0 Å². The largest absolute Gasteiger partial charge is 0.444 e. The molecule has 0 aliphatic carbocycles. The lowest BCUT2D eigenvalue weighted by Gasteiger charge is -2.21. The molecule has 152 valence electrons. The predicted molar refractivity (Wildman–Crippen MR) is 92.1 cm³/mol. The highest BCUT2D eigenvalue weighted by atomic mass is 19.4. The number of rotatable bonds is 7. The maximum absolute atomic E-state index is 12.3. The number of hydrogen-bond donors (Lipinski definition) is 2. The third-order valence-electron chi connectivity index (χ3n) is 3.12. The summed E-state index contributed by atoms with van der Waals surface area (Å²) in [7, 11) is 1.40. The van der Waals surface area contributed by atoms with Gasteiger partial charge in [0.1, 0.15) is 11.4 Å². The fraction of sp³-hybridized carbons (Fsp3) is 0.588. The Hall–Kier alpha value is -2.36. The molecule has 0 saturated heterocycles. The lowest BCUT2D eigenvalue weighted by Crippen LogP contribution is -2.32. The van der Waals surface area contributed by atoms with Crippen LogP contribution in [-0.4, -0.2) is 42.5 Å². The van der Waals surface area contributed by atoms with E-state index in [9.17, 15) is 22.8 Å². The van der Waals surface area contributed by atoms with Crippen LogP contribution in [0, 0.1) is 0 Å². The molecule has 0 spiro atoms. The van der Waals surface area contributed by atoms with Crippen LogP contribution in [0.25, 0.3) is 0 Å². The van der Waals surface area contributed by atoms with Gasteiger partial charge in [-0.05, 0) is 38.5 Å². The highest BCUT2D eigenvalue weighted by Gasteiger charge is 2.28. The van der Waals surface area contributed by atoms with Gasteiger partial charge in [-0.1, -0.05) is 0 Å². The van der Waals surface area contributed by atoms with E-state index in [1.54, 1.807) is 26.8 Å². The van der Waals surface area contributed by atoms with Crippen molar-refractivity contribution in [3.63, 3.8) is 0 Å². The Kier molecular flexibility index (Phi) is 8.01. The smallest absolute Gasteiger partial charge is 0.413 e. The predicted octanol–water partition coefficient (Wildman–Crippen LogP) is 3.57. The molecular formula is C17H24F3N3O4. The molecule has 7 nitrogen and oxygen atoms in total. The van der Waals surface area contributed by atoms with E-state index in [2.05, 4.69) is 15.6 Å². The van der Waals surface area contributed by atoms with E-state index >= 15 is 0 Å². The topological polar surface area (TPSA) is 89.5 Å². The van der Waals surface area contributed by atoms with Crippen molar-refractivity contribution in [1.29, 1.82) is 0 Å². The van der Waals surface area contributed by atoms with E-state index in [1.165, 1.54) is 19.4 Å². The number of amides is 2. The van der Waals surface area contributed by atoms with Gasteiger partial charge in [0.2, 0.25) is 5.91 Å². The van der Waals surface area contributed by atoms with Crippen molar-refractivity contribution in [2.24, 2.45) is 0 Å². The quantitative estimate of drug-likeness (QED) is 0.742. The van der Waals surface area contributed by atoms with Crippen molar-refractivity contribution in [1.82, 2.24) is 10.3 Å². The Morgan fingerprint density at radius 2 is 1.93 bits per heavy atom. The minimum absolute atomic E-state index is 0.0354. The summed E-state index contributed by atoms with van der Waals surface area (Å²) in [5, 5.41) is 4.95. The standard InChI is InChI=1S/C17H24F3N3O4/c1-16(2,3)27-15(25)23-13-9-11(6-8-21-13)12(10-26-4)22-14(24)5-7-17(18,19)20/h6,8-9,12H,5,7,10H2,1-4H3,(H,22,24)(H,21,23,25)/t12-/m1/s1. The monoisotopic (exact) mass is 391 g/mol. The first-order chi connectivity index (χ1) is 12.4. The number of nitrogens with zero attached hydrogens (tertiary/aromatic N) is 1. The van der Waals surface area contributed by atoms with Crippen LogP contribution in [0.1, 0.15) is 45.2 Å². The maximum Gasteiger partial charge on any atom is 0.413 e. The highest BCUT2D eigenvalue weighted by Crippen LogP contribution is 2.22. The maximum atomic E-state index is 12.3. The van der Waals surface area contributed by atoms with Crippen LogP contribution < -0.4 is 10.6 Å². The van der Waals surface area contributed by atoms with Gasteiger partial charge in [-0.25, -0.2) is 9.78 Å². The van der Waals surface area contributed by atoms with Gasteiger partial charge in [-0.15, -0.1) is 0 Å². The lowest BCUT2D eigenvalue weighted by atomic mass is 10.1. The van der Waals surface area contributed by atoms with Crippen LogP contribution in [0.2, 0.25) is 0 Å². The number of anilines is 1. The summed E-state index contributed by atoms with van der Waals surface area (Å²) in [6, 6.07) is 2.35. The molecule has 0 unspecified atom stereocenters. The van der Waals surface area contributed by atoms with Crippen LogP contribution in [0.3, 0.4) is 0 Å². The average Bonchev–Trinajstić information content (AvgIpc) is 2.50. The summed E-state index contributed by atoms with van der Waals surface area (Å²) < 4.78 is 46.9. The molecule has 0 aromatic carbocycles. The van der Waals surface area contributed by atoms with Gasteiger partial charge in [0.25, 0.3) is 0 Å². The lowest BCUT2D eigenvalue weighted by molar-refractivity contribution is -0.144. The van der Waals surface area contributed by atoms with Crippen molar-refractivity contribution in [2.75, 3.05) is 19.0 Å². The summed E-state index contributed by atoms with van der Waals surface area (Å²) in [6.07, 6.45) is -5.61. The molecule has 1 rings (SSSR count). The van der Waals surface area contributed by atoms with Crippen LogP contribution in [0.4, 0.5) is 23.8 Å². The van der Waals surface area contributed by atoms with Crippen molar-refractivity contribution in [3.05, 3.63) is 23.9 Å². The minimum Gasteiger partial charge on any atom is -0.444 e. The third-order valence-corrected chi connectivity index (χ3v) is 3.12.